The van der Waals surface area contributed by atoms with Crippen molar-refractivity contribution in [1.82, 2.24) is 20.2 Å². The normalized spacial score (nSPS) is 12.9. The van der Waals surface area contributed by atoms with Crippen LogP contribution in [0.2, 0.25) is 0 Å². The van der Waals surface area contributed by atoms with Gasteiger partial charge in [0.2, 0.25) is 0 Å². The first-order valence-corrected chi connectivity index (χ1v) is 6.54. The molecule has 0 amide bonds. The van der Waals surface area contributed by atoms with E-state index in [-0.39, 0.29) is 6.61 Å². The van der Waals surface area contributed by atoms with Crippen molar-refractivity contribution in [2.24, 2.45) is 0 Å². The molecule has 0 unspecified atom stereocenters. The number of aliphatic hydroxyl groups excluding tert-OH is 1. The highest BCUT2D eigenvalue weighted by atomic mass is 16.5. The standard InChI is InChI=1S/C14H18N4O2/c1-2-20-11-13(19)10-18-14(15-16-17-18)9-8-12-6-4-3-5-7-12/h3-9,13,19H,2,10-11H2,1H3/b9-8+/t13-/m1/s1. The number of benzene rings is 1. The van der Waals surface area contributed by atoms with Crippen LogP contribution in [0.5, 0.6) is 0 Å². The molecule has 0 bridgehead atoms. The van der Waals surface area contributed by atoms with E-state index in [2.05, 4.69) is 15.5 Å². The van der Waals surface area contributed by atoms with Crippen molar-refractivity contribution in [1.29, 1.82) is 0 Å². The lowest BCUT2D eigenvalue weighted by molar-refractivity contribution is 0.0312. The molecule has 2 aromatic rings. The number of hydrogen-bond acceptors (Lipinski definition) is 5. The molecule has 0 aliphatic heterocycles. The minimum Gasteiger partial charge on any atom is -0.389 e. The zero-order valence-electron chi connectivity index (χ0n) is 11.4. The van der Waals surface area contributed by atoms with Crippen molar-refractivity contribution < 1.29 is 9.84 Å². The van der Waals surface area contributed by atoms with Crippen LogP contribution in [0, 0.1) is 0 Å². The Labute approximate surface area is 117 Å². The fraction of sp³-hybridized carbons (Fsp3) is 0.357. The molecule has 1 aromatic heterocycles. The smallest absolute Gasteiger partial charge is 0.174 e. The third-order valence-corrected chi connectivity index (χ3v) is 2.68. The molecule has 1 aromatic carbocycles. The summed E-state index contributed by atoms with van der Waals surface area (Å²) in [5.74, 6) is 0.601. The maximum atomic E-state index is 9.80. The first-order valence-electron chi connectivity index (χ1n) is 6.54. The van der Waals surface area contributed by atoms with Gasteiger partial charge in [0.1, 0.15) is 0 Å². The second-order valence-corrected chi connectivity index (χ2v) is 4.28. The zero-order chi connectivity index (χ0) is 14.2. The molecule has 1 atom stereocenters. The summed E-state index contributed by atoms with van der Waals surface area (Å²) in [5.41, 5.74) is 1.07. The lowest BCUT2D eigenvalue weighted by atomic mass is 10.2. The maximum absolute atomic E-state index is 9.80. The van der Waals surface area contributed by atoms with Gasteiger partial charge >= 0.3 is 0 Å². The topological polar surface area (TPSA) is 73.1 Å². The van der Waals surface area contributed by atoms with E-state index in [1.165, 1.54) is 0 Å². The summed E-state index contributed by atoms with van der Waals surface area (Å²) < 4.78 is 6.72. The minimum absolute atomic E-state index is 0.276. The van der Waals surface area contributed by atoms with Crippen molar-refractivity contribution in [3.8, 4) is 0 Å². The Bertz CT molecular complexity index is 539. The number of rotatable bonds is 7. The number of nitrogens with zero attached hydrogens (tertiary/aromatic N) is 4. The zero-order valence-corrected chi connectivity index (χ0v) is 11.4. The van der Waals surface area contributed by atoms with Crippen LogP contribution in [0.15, 0.2) is 30.3 Å². The number of aromatic nitrogens is 4. The molecule has 6 heteroatoms. The molecule has 20 heavy (non-hydrogen) atoms. The van der Waals surface area contributed by atoms with Gasteiger partial charge in [0.25, 0.3) is 0 Å². The molecule has 0 saturated carbocycles. The van der Waals surface area contributed by atoms with Crippen LogP contribution in [0.1, 0.15) is 18.3 Å². The van der Waals surface area contributed by atoms with Crippen molar-refractivity contribution in [3.63, 3.8) is 0 Å². The molecule has 0 spiro atoms. The van der Waals surface area contributed by atoms with Gasteiger partial charge in [-0.15, -0.1) is 5.10 Å². The molecular weight excluding hydrogens is 256 g/mol. The number of ether oxygens (including phenoxy) is 1. The Morgan fingerprint density at radius 1 is 1.30 bits per heavy atom. The summed E-state index contributed by atoms with van der Waals surface area (Å²) in [4.78, 5) is 0. The number of hydrogen-bond donors (Lipinski definition) is 1. The average molecular weight is 274 g/mol. The van der Waals surface area contributed by atoms with Gasteiger partial charge in [-0.1, -0.05) is 36.4 Å². The van der Waals surface area contributed by atoms with Crippen LogP contribution in [0.3, 0.4) is 0 Å². The van der Waals surface area contributed by atoms with E-state index in [9.17, 15) is 5.11 Å². The third-order valence-electron chi connectivity index (χ3n) is 2.68. The maximum Gasteiger partial charge on any atom is 0.174 e. The van der Waals surface area contributed by atoms with Gasteiger partial charge in [-0.2, -0.15) is 0 Å². The summed E-state index contributed by atoms with van der Waals surface area (Å²) >= 11 is 0. The van der Waals surface area contributed by atoms with Crippen molar-refractivity contribution in [3.05, 3.63) is 41.7 Å². The monoisotopic (exact) mass is 274 g/mol. The van der Waals surface area contributed by atoms with Crippen LogP contribution in [-0.4, -0.2) is 44.6 Å². The molecular formula is C14H18N4O2. The van der Waals surface area contributed by atoms with Gasteiger partial charge in [-0.25, -0.2) is 4.68 Å². The molecule has 0 fully saturated rings. The van der Waals surface area contributed by atoms with E-state index in [1.807, 2.05) is 49.4 Å². The quantitative estimate of drug-likeness (QED) is 0.822. The average Bonchev–Trinajstić information content (AvgIpc) is 2.91. The molecule has 0 radical (unpaired) electrons. The number of tetrazole rings is 1. The van der Waals surface area contributed by atoms with E-state index in [4.69, 9.17) is 4.74 Å². The first kappa shape index (κ1) is 14.4. The van der Waals surface area contributed by atoms with Crippen molar-refractivity contribution in [2.75, 3.05) is 13.2 Å². The Morgan fingerprint density at radius 2 is 2.10 bits per heavy atom. The van der Waals surface area contributed by atoms with Crippen LogP contribution in [0.25, 0.3) is 12.2 Å². The van der Waals surface area contributed by atoms with Gasteiger partial charge in [-0.3, -0.25) is 0 Å². The molecule has 0 aliphatic rings. The van der Waals surface area contributed by atoms with E-state index < -0.39 is 6.10 Å². The fourth-order valence-corrected chi connectivity index (χ4v) is 1.70. The summed E-state index contributed by atoms with van der Waals surface area (Å²) in [6.07, 6.45) is 3.13. The lowest BCUT2D eigenvalue weighted by Crippen LogP contribution is -2.23. The van der Waals surface area contributed by atoms with Crippen molar-refractivity contribution >= 4 is 12.2 Å². The predicted octanol–water partition coefficient (Wildman–Crippen LogP) is 1.24. The van der Waals surface area contributed by atoms with Crippen LogP contribution < -0.4 is 0 Å². The van der Waals surface area contributed by atoms with Crippen LogP contribution in [0.4, 0.5) is 0 Å². The fourth-order valence-electron chi connectivity index (χ4n) is 1.70. The Balaban J connectivity index is 2.00. The minimum atomic E-state index is -0.623. The molecule has 6 nitrogen and oxygen atoms in total. The predicted molar refractivity (Wildman–Crippen MR) is 75.7 cm³/mol. The summed E-state index contributed by atoms with van der Waals surface area (Å²) in [5, 5.41) is 21.2. The van der Waals surface area contributed by atoms with Crippen molar-refractivity contribution in [2.45, 2.75) is 19.6 Å². The molecule has 0 aliphatic carbocycles. The summed E-state index contributed by atoms with van der Waals surface area (Å²) in [7, 11) is 0. The van der Waals surface area contributed by atoms with Crippen LogP contribution >= 0.6 is 0 Å². The van der Waals surface area contributed by atoms with E-state index in [1.54, 1.807) is 4.68 Å². The highest BCUT2D eigenvalue weighted by molar-refractivity contribution is 5.66. The SMILES string of the molecule is CCOC[C@H](O)Cn1nnnc1/C=C/c1ccccc1. The molecule has 0 saturated heterocycles. The largest absolute Gasteiger partial charge is 0.389 e. The first-order chi connectivity index (χ1) is 9.79. The highest BCUT2D eigenvalue weighted by Crippen LogP contribution is 2.05. The highest BCUT2D eigenvalue weighted by Gasteiger charge is 2.09. The summed E-state index contributed by atoms with van der Waals surface area (Å²) in [6, 6.07) is 9.89. The molecule has 1 N–H and O–H groups in total. The Kier molecular flexibility index (Phi) is 5.40. The molecule has 2 rings (SSSR count). The van der Waals surface area contributed by atoms with Gasteiger partial charge < -0.3 is 9.84 Å². The summed E-state index contributed by atoms with van der Waals surface area (Å²) in [6.45, 7) is 3.05. The van der Waals surface area contributed by atoms with Gasteiger partial charge in [-0.05, 0) is 29.0 Å². The van der Waals surface area contributed by atoms with Gasteiger partial charge in [0.05, 0.1) is 19.3 Å². The van der Waals surface area contributed by atoms with E-state index >= 15 is 0 Å². The Morgan fingerprint density at radius 3 is 2.85 bits per heavy atom. The van der Waals surface area contributed by atoms with Gasteiger partial charge in [0, 0.05) is 6.61 Å². The molecule has 1 heterocycles. The third kappa shape index (κ3) is 4.25. The second-order valence-electron chi connectivity index (χ2n) is 4.28. The Hall–Kier alpha value is -2.05. The second kappa shape index (κ2) is 7.52. The van der Waals surface area contributed by atoms with Gasteiger partial charge in [0.15, 0.2) is 5.82 Å². The number of aliphatic hydroxyl groups is 1. The van der Waals surface area contributed by atoms with E-state index in [0.717, 1.165) is 5.56 Å². The lowest BCUT2D eigenvalue weighted by Gasteiger charge is -2.10. The van der Waals surface area contributed by atoms with Crippen LogP contribution in [-0.2, 0) is 11.3 Å². The van der Waals surface area contributed by atoms with E-state index in [0.29, 0.717) is 19.0 Å². The molecule has 106 valence electrons.